The predicted molar refractivity (Wildman–Crippen MR) is 133 cm³/mol. The number of nitrogens with zero attached hydrogens (tertiary/aromatic N) is 7. The summed E-state index contributed by atoms with van der Waals surface area (Å²) in [6, 6.07) is 12.7. The van der Waals surface area contributed by atoms with Crippen molar-refractivity contribution in [2.45, 2.75) is 32.4 Å². The van der Waals surface area contributed by atoms with Crippen LogP contribution in [0.2, 0.25) is 0 Å². The minimum atomic E-state index is -0.399. The van der Waals surface area contributed by atoms with Crippen LogP contribution in [0, 0.1) is 17.0 Å². The Bertz CT molecular complexity index is 1360. The van der Waals surface area contributed by atoms with Crippen molar-refractivity contribution in [2.24, 2.45) is 0 Å². The zero-order valence-electron chi connectivity index (χ0n) is 18.7. The van der Waals surface area contributed by atoms with Gasteiger partial charge in [-0.2, -0.15) is 0 Å². The summed E-state index contributed by atoms with van der Waals surface area (Å²) >= 11 is 5.62. The van der Waals surface area contributed by atoms with E-state index in [1.807, 2.05) is 48.3 Å². The number of hydrogen-bond donors (Lipinski definition) is 1. The fourth-order valence-corrected chi connectivity index (χ4v) is 4.65. The number of benzene rings is 2. The quantitative estimate of drug-likeness (QED) is 0.262. The average molecular weight is 477 g/mol. The van der Waals surface area contributed by atoms with Gasteiger partial charge in [-0.15, -0.1) is 5.10 Å². The molecule has 5 rings (SSSR count). The number of thiocarbonyl (C=S) groups is 1. The van der Waals surface area contributed by atoms with Crippen molar-refractivity contribution in [1.29, 1.82) is 0 Å². The number of para-hydroxylation sites is 1. The Morgan fingerprint density at radius 1 is 1.24 bits per heavy atom. The van der Waals surface area contributed by atoms with E-state index >= 15 is 0 Å². The van der Waals surface area contributed by atoms with Crippen molar-refractivity contribution in [3.8, 4) is 0 Å². The first-order valence-electron chi connectivity index (χ1n) is 11.1. The van der Waals surface area contributed by atoms with Gasteiger partial charge in [0.2, 0.25) is 0 Å². The van der Waals surface area contributed by atoms with Gasteiger partial charge in [0.1, 0.15) is 18.0 Å². The molecule has 11 heteroatoms. The normalized spacial score (nSPS) is 14.4. The first-order valence-corrected chi connectivity index (χ1v) is 11.5. The number of non-ortho nitro benzene ring substituents is 1. The van der Waals surface area contributed by atoms with E-state index in [1.54, 1.807) is 6.07 Å². The number of anilines is 1. The molecule has 4 aromatic rings. The highest BCUT2D eigenvalue weighted by molar-refractivity contribution is 7.80. The number of rotatable bonds is 5. The lowest BCUT2D eigenvalue weighted by Gasteiger charge is -2.34. The van der Waals surface area contributed by atoms with Gasteiger partial charge in [-0.3, -0.25) is 10.1 Å². The van der Waals surface area contributed by atoms with Crippen LogP contribution in [0.25, 0.3) is 11.0 Å². The lowest BCUT2D eigenvalue weighted by Crippen LogP contribution is -2.41. The van der Waals surface area contributed by atoms with Gasteiger partial charge in [-0.1, -0.05) is 23.4 Å². The van der Waals surface area contributed by atoms with Gasteiger partial charge in [0, 0.05) is 49.2 Å². The molecule has 2 aromatic carbocycles. The maximum absolute atomic E-state index is 11.1. The highest BCUT2D eigenvalue weighted by Gasteiger charge is 2.26. The Morgan fingerprint density at radius 2 is 2.03 bits per heavy atom. The van der Waals surface area contributed by atoms with E-state index in [1.165, 1.54) is 12.1 Å². The van der Waals surface area contributed by atoms with E-state index in [2.05, 4.69) is 30.1 Å². The van der Waals surface area contributed by atoms with Crippen LogP contribution in [0.15, 0.2) is 54.9 Å². The Morgan fingerprint density at radius 3 is 2.82 bits per heavy atom. The molecular formula is C23H24N8O2S. The SMILES string of the molecule is Cc1ccc([N+](=O)[O-])cc1NC(=S)N1CCC(c2nccn2Cn2nnc3ccccc32)CC1. The number of nitrogens with one attached hydrogen (secondary N) is 1. The summed E-state index contributed by atoms with van der Waals surface area (Å²) in [5.41, 5.74) is 3.48. The van der Waals surface area contributed by atoms with E-state index in [-0.39, 0.29) is 5.69 Å². The second kappa shape index (κ2) is 9.18. The van der Waals surface area contributed by atoms with Gasteiger partial charge in [-0.25, -0.2) is 9.67 Å². The maximum atomic E-state index is 11.1. The smallest absolute Gasteiger partial charge is 0.271 e. The molecule has 0 unspecified atom stereocenters. The van der Waals surface area contributed by atoms with Crippen LogP contribution in [0.1, 0.15) is 30.1 Å². The molecule has 0 atom stereocenters. The molecule has 1 fully saturated rings. The summed E-state index contributed by atoms with van der Waals surface area (Å²) in [6.07, 6.45) is 5.63. The fraction of sp³-hybridized carbons (Fsp3) is 0.304. The highest BCUT2D eigenvalue weighted by Crippen LogP contribution is 2.28. The first-order chi connectivity index (χ1) is 16.5. The lowest BCUT2D eigenvalue weighted by atomic mass is 9.96. The number of nitro benzene ring substituents is 1. The topological polar surface area (TPSA) is 107 Å². The van der Waals surface area contributed by atoms with Gasteiger partial charge in [-0.05, 0) is 49.7 Å². The zero-order valence-corrected chi connectivity index (χ0v) is 19.5. The molecule has 0 saturated carbocycles. The van der Waals surface area contributed by atoms with Crippen LogP contribution in [-0.4, -0.2) is 52.6 Å². The fourth-order valence-electron chi connectivity index (χ4n) is 4.36. The number of aryl methyl sites for hydroxylation is 1. The third-order valence-corrected chi connectivity index (χ3v) is 6.64. The molecule has 34 heavy (non-hydrogen) atoms. The third-order valence-electron chi connectivity index (χ3n) is 6.28. The van der Waals surface area contributed by atoms with Crippen LogP contribution >= 0.6 is 12.2 Å². The summed E-state index contributed by atoms with van der Waals surface area (Å²) in [4.78, 5) is 17.5. The van der Waals surface area contributed by atoms with Gasteiger partial charge < -0.3 is 14.8 Å². The molecular weight excluding hydrogens is 452 g/mol. The predicted octanol–water partition coefficient (Wildman–Crippen LogP) is 3.93. The van der Waals surface area contributed by atoms with Gasteiger partial charge in [0.15, 0.2) is 5.11 Å². The molecule has 1 aliphatic rings. The average Bonchev–Trinajstić information content (AvgIpc) is 3.48. The highest BCUT2D eigenvalue weighted by atomic mass is 32.1. The van der Waals surface area contributed by atoms with Crippen molar-refractivity contribution < 1.29 is 4.92 Å². The molecule has 2 aromatic heterocycles. The van der Waals surface area contributed by atoms with E-state index in [9.17, 15) is 10.1 Å². The molecule has 3 heterocycles. The largest absolute Gasteiger partial charge is 0.349 e. The molecule has 10 nitrogen and oxygen atoms in total. The minimum Gasteiger partial charge on any atom is -0.349 e. The van der Waals surface area contributed by atoms with Crippen LogP contribution in [0.3, 0.4) is 0 Å². The van der Waals surface area contributed by atoms with E-state index < -0.39 is 4.92 Å². The summed E-state index contributed by atoms with van der Waals surface area (Å²) in [5.74, 6) is 1.34. The standard InChI is InChI=1S/C23H24N8O2S/c1-16-6-7-18(31(32)33)14-20(16)25-23(34)28-11-8-17(9-12-28)22-24-10-13-29(22)15-30-21-5-3-2-4-19(21)26-27-30/h2-7,10,13-14,17H,8-9,11-12,15H2,1H3,(H,25,34). The van der Waals surface area contributed by atoms with Crippen molar-refractivity contribution in [2.75, 3.05) is 18.4 Å². The number of likely N-dealkylation sites (tertiary alicyclic amines) is 1. The Labute approximate surface area is 201 Å². The number of piperidine rings is 1. The second-order valence-electron chi connectivity index (χ2n) is 8.42. The van der Waals surface area contributed by atoms with Crippen LogP contribution < -0.4 is 5.32 Å². The molecule has 0 bridgehead atoms. The molecule has 0 spiro atoms. The number of aromatic nitrogens is 5. The number of imidazole rings is 1. The van der Waals surface area contributed by atoms with Crippen molar-refractivity contribution >= 4 is 39.7 Å². The van der Waals surface area contributed by atoms with Crippen molar-refractivity contribution in [3.63, 3.8) is 0 Å². The second-order valence-corrected chi connectivity index (χ2v) is 8.81. The number of hydrogen-bond acceptors (Lipinski definition) is 6. The van der Waals surface area contributed by atoms with E-state index in [0.717, 1.165) is 48.4 Å². The van der Waals surface area contributed by atoms with Crippen LogP contribution in [-0.2, 0) is 6.67 Å². The van der Waals surface area contributed by atoms with Gasteiger partial charge in [0.05, 0.1) is 10.4 Å². The summed E-state index contributed by atoms with van der Waals surface area (Å²) in [5, 5.41) is 23.4. The molecule has 1 aliphatic heterocycles. The molecule has 0 radical (unpaired) electrons. The van der Waals surface area contributed by atoms with E-state index in [4.69, 9.17) is 12.2 Å². The zero-order chi connectivity index (χ0) is 23.7. The summed E-state index contributed by atoms with van der Waals surface area (Å²) < 4.78 is 4.01. The molecule has 1 saturated heterocycles. The third kappa shape index (κ3) is 4.34. The van der Waals surface area contributed by atoms with Crippen LogP contribution in [0.4, 0.5) is 11.4 Å². The van der Waals surface area contributed by atoms with E-state index in [0.29, 0.717) is 23.4 Å². The monoisotopic (exact) mass is 476 g/mol. The molecule has 174 valence electrons. The van der Waals surface area contributed by atoms with Crippen molar-refractivity contribution in [3.05, 3.63) is 76.4 Å². The minimum absolute atomic E-state index is 0.0432. The number of fused-ring (bicyclic) bond motifs is 1. The summed E-state index contributed by atoms with van der Waals surface area (Å²) in [6.45, 7) is 4.02. The Balaban J connectivity index is 1.23. The molecule has 1 N–H and O–H groups in total. The molecule has 0 aliphatic carbocycles. The maximum Gasteiger partial charge on any atom is 0.271 e. The van der Waals surface area contributed by atoms with Crippen LogP contribution in [0.5, 0.6) is 0 Å². The number of nitro groups is 1. The summed E-state index contributed by atoms with van der Waals surface area (Å²) in [7, 11) is 0. The van der Waals surface area contributed by atoms with Crippen molar-refractivity contribution in [1.82, 2.24) is 29.4 Å². The lowest BCUT2D eigenvalue weighted by molar-refractivity contribution is -0.384. The van der Waals surface area contributed by atoms with Gasteiger partial charge in [0.25, 0.3) is 5.69 Å². The Hall–Kier alpha value is -3.86. The Kier molecular flexibility index (Phi) is 5.93. The first kappa shape index (κ1) is 22.0. The van der Waals surface area contributed by atoms with Gasteiger partial charge >= 0.3 is 0 Å². The molecule has 0 amide bonds.